The lowest BCUT2D eigenvalue weighted by Crippen LogP contribution is -2.36. The summed E-state index contributed by atoms with van der Waals surface area (Å²) in [5, 5.41) is 51.6. The molecular weight excluding hydrogens is 1040 g/mol. The van der Waals surface area contributed by atoms with Crippen molar-refractivity contribution in [1.29, 1.82) is 0 Å². The molecule has 1 fully saturated rings. The zero-order chi connectivity index (χ0) is 56.7. The average molecular weight is 1120 g/mol. The molecule has 430 valence electrons. The van der Waals surface area contributed by atoms with Gasteiger partial charge in [0.2, 0.25) is 0 Å². The van der Waals surface area contributed by atoms with Crippen molar-refractivity contribution >= 4 is 33.4 Å². The van der Waals surface area contributed by atoms with Crippen LogP contribution in [-0.4, -0.2) is 119 Å². The zero-order valence-electron chi connectivity index (χ0n) is 44.0. The molecule has 0 amide bonds. The van der Waals surface area contributed by atoms with E-state index in [0.717, 1.165) is 62.1 Å². The van der Waals surface area contributed by atoms with Gasteiger partial charge in [-0.2, -0.15) is 9.29 Å². The Morgan fingerprint density at radius 2 is 1.30 bits per heavy atom. The summed E-state index contributed by atoms with van der Waals surface area (Å²) in [4.78, 5) is 62.0. The number of aliphatic hydroxyl groups is 5. The Morgan fingerprint density at radius 3 is 1.94 bits per heavy atom. The van der Waals surface area contributed by atoms with E-state index in [0.29, 0.717) is 19.3 Å². The van der Waals surface area contributed by atoms with Crippen molar-refractivity contribution in [2.45, 2.75) is 159 Å². The van der Waals surface area contributed by atoms with E-state index in [4.69, 9.17) is 29.0 Å². The van der Waals surface area contributed by atoms with Crippen LogP contribution in [0.4, 0.5) is 5.82 Å². The monoisotopic (exact) mass is 1120 g/mol. The molecule has 23 heteroatoms. The number of nitrogens with zero attached hydrogens (tertiary/aromatic N) is 2. The lowest BCUT2D eigenvalue weighted by Gasteiger charge is -2.21. The van der Waals surface area contributed by atoms with Crippen molar-refractivity contribution in [2.75, 3.05) is 25.6 Å². The third-order valence-electron chi connectivity index (χ3n) is 10.9. The maximum atomic E-state index is 12.9. The first-order chi connectivity index (χ1) is 36.9. The van der Waals surface area contributed by atoms with Gasteiger partial charge in [-0.25, -0.2) is 13.9 Å². The quantitative estimate of drug-likeness (QED) is 0.0103. The number of hydrogen-bond acceptors (Lipinski definition) is 18. The molecule has 0 aliphatic carbocycles. The normalized spacial score (nSPS) is 20.8. The van der Waals surface area contributed by atoms with Crippen LogP contribution in [0.5, 0.6) is 0 Å². The predicted molar refractivity (Wildman–Crippen MR) is 292 cm³/mol. The minimum atomic E-state index is -5.52. The molecule has 2 rings (SSSR count). The van der Waals surface area contributed by atoms with E-state index in [2.05, 4.69) is 77.0 Å². The molecule has 1 aliphatic heterocycles. The summed E-state index contributed by atoms with van der Waals surface area (Å²) in [6, 6.07) is 1.22. The maximum Gasteiger partial charge on any atom is 0.481 e. The average Bonchev–Trinajstić information content (AvgIpc) is 3.66. The van der Waals surface area contributed by atoms with Crippen LogP contribution >= 0.6 is 15.6 Å². The Balaban J connectivity index is 1.90. The van der Waals surface area contributed by atoms with Gasteiger partial charge in [0.05, 0.1) is 31.5 Å². The van der Waals surface area contributed by atoms with Crippen LogP contribution < -0.4 is 11.4 Å². The van der Waals surface area contributed by atoms with Crippen LogP contribution in [0, 0.1) is 0 Å². The predicted octanol–water partition coefficient (Wildman–Crippen LogP) is 7.69. The number of phosphoric acid groups is 2. The lowest BCUT2D eigenvalue weighted by atomic mass is 10.1. The van der Waals surface area contributed by atoms with Crippen LogP contribution in [-0.2, 0) is 46.3 Å². The fourth-order valence-electron chi connectivity index (χ4n) is 6.80. The Morgan fingerprint density at radius 1 is 0.727 bits per heavy atom. The topological polar surface area (TPSA) is 326 Å². The number of aromatic nitrogens is 2. The summed E-state index contributed by atoms with van der Waals surface area (Å²) in [6.07, 6.45) is 36.4. The van der Waals surface area contributed by atoms with Crippen molar-refractivity contribution in [1.82, 2.24) is 9.55 Å². The molecule has 0 spiro atoms. The van der Waals surface area contributed by atoms with Crippen LogP contribution in [0.3, 0.4) is 0 Å². The third-order valence-corrected chi connectivity index (χ3v) is 13.5. The second-order valence-corrected chi connectivity index (χ2v) is 20.5. The molecule has 0 aromatic carbocycles. The number of carbonyl (C=O) groups is 2. The molecule has 21 nitrogen and oxygen atoms in total. The number of hydrogen-bond donors (Lipinski definition) is 8. The van der Waals surface area contributed by atoms with Gasteiger partial charge in [-0.3, -0.25) is 23.2 Å². The number of carbonyl (C=O) groups excluding carboxylic acids is 2. The van der Waals surface area contributed by atoms with Gasteiger partial charge in [0.25, 0.3) is 0 Å². The first kappa shape index (κ1) is 68.1. The van der Waals surface area contributed by atoms with E-state index in [-0.39, 0.29) is 31.5 Å². The maximum absolute atomic E-state index is 12.9. The highest BCUT2D eigenvalue weighted by Gasteiger charge is 2.46. The number of anilines is 1. The molecule has 77 heavy (non-hydrogen) atoms. The summed E-state index contributed by atoms with van der Waals surface area (Å²) in [5.41, 5.74) is 4.55. The van der Waals surface area contributed by atoms with E-state index in [1.807, 2.05) is 19.1 Å². The van der Waals surface area contributed by atoms with Crippen LogP contribution in [0.1, 0.15) is 116 Å². The number of rotatable bonds is 40. The SMILES string of the molecule is CC/C=C\C/C=C\C/C=C\C/C=C\C/C=C\CCCCCC(=O)O[C@H](COC(=O)CCC[C@H](O)[C@@H](O)\C=C/C=C\C=C\C=C\[C@H](O)C/C=C\CC)COP(=O)(O)OP(=O)(O)OC[C@H]1O[C@@H](n2ccc(N)nc2=O)[C@H](O)[C@@H]1O. The molecule has 2 unspecified atom stereocenters. The molecule has 2 heterocycles. The van der Waals surface area contributed by atoms with E-state index >= 15 is 0 Å². The molecule has 0 bridgehead atoms. The minimum Gasteiger partial charge on any atom is -0.462 e. The van der Waals surface area contributed by atoms with E-state index in [9.17, 15) is 58.8 Å². The van der Waals surface area contributed by atoms with Gasteiger partial charge in [-0.1, -0.05) is 142 Å². The fourth-order valence-corrected chi connectivity index (χ4v) is 8.91. The summed E-state index contributed by atoms with van der Waals surface area (Å²) in [6.45, 7) is 1.46. The van der Waals surface area contributed by atoms with Crippen molar-refractivity contribution in [3.63, 3.8) is 0 Å². The molecule has 1 aromatic heterocycles. The van der Waals surface area contributed by atoms with Crippen LogP contribution in [0.2, 0.25) is 0 Å². The van der Waals surface area contributed by atoms with Crippen molar-refractivity contribution < 1.29 is 81.6 Å². The van der Waals surface area contributed by atoms with Gasteiger partial charge < -0.3 is 55.3 Å². The molecule has 1 aliphatic rings. The number of phosphoric ester groups is 2. The van der Waals surface area contributed by atoms with Gasteiger partial charge in [0, 0.05) is 19.0 Å². The third kappa shape index (κ3) is 32.5. The minimum absolute atomic E-state index is 0.00515. The molecule has 10 atom stereocenters. The van der Waals surface area contributed by atoms with Crippen molar-refractivity contribution in [3.05, 3.63) is 144 Å². The van der Waals surface area contributed by atoms with Gasteiger partial charge in [-0.05, 0) is 83.1 Å². The number of nitrogen functional groups attached to an aromatic ring is 1. The smallest absolute Gasteiger partial charge is 0.462 e. The molecule has 1 saturated heterocycles. The van der Waals surface area contributed by atoms with E-state index in [1.165, 1.54) is 18.2 Å². The Labute approximate surface area is 452 Å². The Hall–Kier alpha value is -4.96. The number of ether oxygens (including phenoxy) is 3. The molecular formula is C54H81N3O18P2. The van der Waals surface area contributed by atoms with Crippen LogP contribution in [0.25, 0.3) is 0 Å². The van der Waals surface area contributed by atoms with Gasteiger partial charge >= 0.3 is 33.3 Å². The number of unbranched alkanes of at least 4 members (excludes halogenated alkanes) is 3. The van der Waals surface area contributed by atoms with Crippen molar-refractivity contribution in [3.8, 4) is 0 Å². The Kier molecular flexibility index (Phi) is 35.6. The number of nitrogens with two attached hydrogens (primary N) is 1. The lowest BCUT2D eigenvalue weighted by molar-refractivity contribution is -0.161. The zero-order valence-corrected chi connectivity index (χ0v) is 45.8. The highest BCUT2D eigenvalue weighted by atomic mass is 31.3. The molecule has 1 aromatic rings. The first-order valence-electron chi connectivity index (χ1n) is 25.9. The standard InChI is InChI=1S/C54H81N3O18P2/c1-3-5-7-8-9-10-11-12-13-14-15-16-17-18-19-20-21-26-30-36-50(62)73-44(40-70-49(61)37-31-35-46(60)45(59)34-29-25-23-22-24-28-33-43(58)32-27-6-4-2)41-71-76(66,67)75-77(68,69)72-42-47-51(63)52(64)53(74-47)57-39-38-48(55)56-54(57)65/h5-7,9-10,12-13,15-16,18-19,22-25,27-29,33-34,38-39,43-47,51-53,58-60,63-64H,3-4,8,11,14,17,20-21,26,30-32,35-37,40-42H2,1-2H3,(H,66,67)(H,68,69)(H2,55,56,65)/b7-5-,10-9-,13-12-,16-15-,19-18-,24-22+,25-23-,27-6-,33-28+,34-29-/t43-,44-,45+,46+,47-,51-,52-,53-/m1/s1. The number of aliphatic hydroxyl groups excluding tert-OH is 5. The molecule has 9 N–H and O–H groups in total. The molecule has 0 radical (unpaired) electrons. The number of allylic oxidation sites excluding steroid dienone is 17. The second-order valence-electron chi connectivity index (χ2n) is 17.5. The Bertz CT molecular complexity index is 2330. The molecule has 0 saturated carbocycles. The van der Waals surface area contributed by atoms with Gasteiger partial charge in [0.1, 0.15) is 30.7 Å². The van der Waals surface area contributed by atoms with Gasteiger partial charge in [0.15, 0.2) is 12.3 Å². The summed E-state index contributed by atoms with van der Waals surface area (Å²) in [7, 11) is -11.0. The number of esters is 2. The second kappa shape index (κ2) is 40.3. The largest absolute Gasteiger partial charge is 0.481 e. The van der Waals surface area contributed by atoms with E-state index < -0.39 is 102 Å². The van der Waals surface area contributed by atoms with Crippen molar-refractivity contribution in [2.24, 2.45) is 0 Å². The van der Waals surface area contributed by atoms with Crippen LogP contribution in [0.15, 0.2) is 139 Å². The fraction of sp³-hybridized carbons (Fsp3) is 0.519. The first-order valence-corrected chi connectivity index (χ1v) is 28.9. The van der Waals surface area contributed by atoms with E-state index in [1.54, 1.807) is 36.5 Å². The summed E-state index contributed by atoms with van der Waals surface area (Å²) in [5.74, 6) is -1.71. The summed E-state index contributed by atoms with van der Waals surface area (Å²) >= 11 is 0. The van der Waals surface area contributed by atoms with Gasteiger partial charge in [-0.15, -0.1) is 0 Å². The highest BCUT2D eigenvalue weighted by Crippen LogP contribution is 2.60. The summed E-state index contributed by atoms with van der Waals surface area (Å²) < 4.78 is 56.5. The highest BCUT2D eigenvalue weighted by molar-refractivity contribution is 7.61.